The molecule has 0 radical (unpaired) electrons. The molecule has 0 fully saturated rings. The normalized spacial score (nSPS) is 10.9. The second kappa shape index (κ2) is 5.81. The summed E-state index contributed by atoms with van der Waals surface area (Å²) in [6, 6.07) is 15.9. The summed E-state index contributed by atoms with van der Waals surface area (Å²) in [4.78, 5) is 10.3. The molecule has 0 saturated heterocycles. The molecule has 0 aliphatic rings. The minimum atomic E-state index is -0.468. The fraction of sp³-hybridized carbons (Fsp3) is 0.0625. The van der Waals surface area contributed by atoms with E-state index in [1.165, 1.54) is 12.1 Å². The predicted molar refractivity (Wildman–Crippen MR) is 77.8 cm³/mol. The molecule has 2 aromatic carbocycles. The lowest BCUT2D eigenvalue weighted by molar-refractivity contribution is -0.384. The highest BCUT2D eigenvalue weighted by Crippen LogP contribution is 2.22. The zero-order valence-electron chi connectivity index (χ0n) is 10.9. The van der Waals surface area contributed by atoms with Crippen LogP contribution in [0.4, 0.5) is 5.69 Å². The average molecular weight is 264 g/mol. The quantitative estimate of drug-likeness (QED) is 0.364. The Kier molecular flexibility index (Phi) is 3.92. The predicted octanol–water partition coefficient (Wildman–Crippen LogP) is 3.97. The van der Waals surface area contributed by atoms with Crippen LogP contribution in [0.15, 0.2) is 48.5 Å². The maximum Gasteiger partial charge on any atom is 0.270 e. The highest BCUT2D eigenvalue weighted by Gasteiger charge is 2.08. The fourth-order valence-electron chi connectivity index (χ4n) is 1.80. The van der Waals surface area contributed by atoms with E-state index in [9.17, 15) is 15.4 Å². The summed E-state index contributed by atoms with van der Waals surface area (Å²) in [7, 11) is 0. The number of allylic oxidation sites excluding steroid dienone is 1. The van der Waals surface area contributed by atoms with E-state index in [4.69, 9.17) is 0 Å². The molecule has 0 spiro atoms. The SMILES string of the molecule is Cc1ccc(C=C(C#N)c2cccc([N+](=O)[O-])c2)cc1. The number of non-ortho nitro benzene ring substituents is 1. The molecule has 4 nitrogen and oxygen atoms in total. The minimum absolute atomic E-state index is 0.0208. The van der Waals surface area contributed by atoms with Crippen LogP contribution < -0.4 is 0 Å². The summed E-state index contributed by atoms with van der Waals surface area (Å²) < 4.78 is 0. The lowest BCUT2D eigenvalue weighted by atomic mass is 10.0. The second-order valence-corrected chi connectivity index (χ2v) is 4.39. The van der Waals surface area contributed by atoms with Crippen LogP contribution in [0, 0.1) is 28.4 Å². The molecule has 20 heavy (non-hydrogen) atoms. The number of nitrogens with zero attached hydrogens (tertiary/aromatic N) is 2. The van der Waals surface area contributed by atoms with E-state index >= 15 is 0 Å². The van der Waals surface area contributed by atoms with Gasteiger partial charge in [0, 0.05) is 12.1 Å². The molecule has 0 aliphatic carbocycles. The van der Waals surface area contributed by atoms with E-state index in [1.807, 2.05) is 31.2 Å². The Labute approximate surface area is 116 Å². The van der Waals surface area contributed by atoms with Crippen LogP contribution in [0.1, 0.15) is 16.7 Å². The highest BCUT2D eigenvalue weighted by molar-refractivity contribution is 5.90. The van der Waals surface area contributed by atoms with Crippen LogP contribution in [0.2, 0.25) is 0 Å². The van der Waals surface area contributed by atoms with Crippen molar-refractivity contribution in [1.29, 1.82) is 5.26 Å². The van der Waals surface area contributed by atoms with Crippen molar-refractivity contribution in [3.63, 3.8) is 0 Å². The molecule has 0 N–H and O–H groups in total. The van der Waals surface area contributed by atoms with Crippen molar-refractivity contribution in [1.82, 2.24) is 0 Å². The third-order valence-corrected chi connectivity index (χ3v) is 2.88. The number of hydrogen-bond acceptors (Lipinski definition) is 3. The van der Waals surface area contributed by atoms with Crippen molar-refractivity contribution in [2.75, 3.05) is 0 Å². The van der Waals surface area contributed by atoms with Gasteiger partial charge in [0.2, 0.25) is 0 Å². The summed E-state index contributed by atoms with van der Waals surface area (Å²) in [6.07, 6.45) is 1.72. The first-order valence-corrected chi connectivity index (χ1v) is 6.03. The van der Waals surface area contributed by atoms with Gasteiger partial charge < -0.3 is 0 Å². The molecular weight excluding hydrogens is 252 g/mol. The van der Waals surface area contributed by atoms with Gasteiger partial charge in [-0.25, -0.2) is 0 Å². The van der Waals surface area contributed by atoms with Gasteiger partial charge in [0.05, 0.1) is 16.6 Å². The van der Waals surface area contributed by atoms with Crippen molar-refractivity contribution in [3.05, 3.63) is 75.3 Å². The lowest BCUT2D eigenvalue weighted by Crippen LogP contribution is -1.89. The van der Waals surface area contributed by atoms with E-state index in [0.29, 0.717) is 11.1 Å². The van der Waals surface area contributed by atoms with Gasteiger partial charge in [-0.3, -0.25) is 10.1 Å². The zero-order valence-corrected chi connectivity index (χ0v) is 10.9. The molecule has 98 valence electrons. The Hall–Kier alpha value is -2.93. The molecule has 2 aromatic rings. The second-order valence-electron chi connectivity index (χ2n) is 4.39. The van der Waals surface area contributed by atoms with E-state index in [-0.39, 0.29) is 5.69 Å². The van der Waals surface area contributed by atoms with E-state index < -0.39 is 4.92 Å². The van der Waals surface area contributed by atoms with Gasteiger partial charge in [0.1, 0.15) is 0 Å². The molecule has 0 atom stereocenters. The number of benzene rings is 2. The van der Waals surface area contributed by atoms with Crippen molar-refractivity contribution < 1.29 is 4.92 Å². The van der Waals surface area contributed by atoms with Gasteiger partial charge in [0.25, 0.3) is 5.69 Å². The van der Waals surface area contributed by atoms with Crippen LogP contribution >= 0.6 is 0 Å². The number of hydrogen-bond donors (Lipinski definition) is 0. The molecule has 0 saturated carbocycles. The lowest BCUT2D eigenvalue weighted by Gasteiger charge is -2.00. The van der Waals surface area contributed by atoms with Crippen LogP contribution in [-0.2, 0) is 0 Å². The monoisotopic (exact) mass is 264 g/mol. The summed E-state index contributed by atoms with van der Waals surface area (Å²) in [6.45, 7) is 1.99. The Morgan fingerprint density at radius 3 is 2.55 bits per heavy atom. The number of aryl methyl sites for hydroxylation is 1. The Balaban J connectivity index is 2.42. The van der Waals surface area contributed by atoms with Crippen LogP contribution in [-0.4, -0.2) is 4.92 Å². The average Bonchev–Trinajstić information content (AvgIpc) is 2.46. The topological polar surface area (TPSA) is 66.9 Å². The van der Waals surface area contributed by atoms with Crippen molar-refractivity contribution in [2.24, 2.45) is 0 Å². The maximum atomic E-state index is 10.8. The summed E-state index contributed by atoms with van der Waals surface area (Å²) in [5.41, 5.74) is 2.95. The summed E-state index contributed by atoms with van der Waals surface area (Å²) >= 11 is 0. The third-order valence-electron chi connectivity index (χ3n) is 2.88. The van der Waals surface area contributed by atoms with Crippen LogP contribution in [0.25, 0.3) is 11.6 Å². The number of nitriles is 1. The molecule has 4 heteroatoms. The van der Waals surface area contributed by atoms with Crippen molar-refractivity contribution in [2.45, 2.75) is 6.92 Å². The zero-order chi connectivity index (χ0) is 14.5. The van der Waals surface area contributed by atoms with Gasteiger partial charge >= 0.3 is 0 Å². The molecule has 0 bridgehead atoms. The fourth-order valence-corrected chi connectivity index (χ4v) is 1.80. The van der Waals surface area contributed by atoms with Gasteiger partial charge in [-0.2, -0.15) is 5.26 Å². The van der Waals surface area contributed by atoms with Gasteiger partial charge in [-0.15, -0.1) is 0 Å². The largest absolute Gasteiger partial charge is 0.270 e. The summed E-state index contributed by atoms with van der Waals surface area (Å²) in [5.74, 6) is 0. The first-order valence-electron chi connectivity index (χ1n) is 6.03. The molecular formula is C16H12N2O2. The molecule has 2 rings (SSSR count). The van der Waals surface area contributed by atoms with Crippen molar-refractivity contribution >= 4 is 17.3 Å². The summed E-state index contributed by atoms with van der Waals surface area (Å²) in [5, 5.41) is 20.0. The van der Waals surface area contributed by atoms with Crippen molar-refractivity contribution in [3.8, 4) is 6.07 Å². The molecule has 0 unspecified atom stereocenters. The number of nitro benzene ring substituents is 1. The third kappa shape index (κ3) is 3.09. The van der Waals surface area contributed by atoms with Crippen LogP contribution in [0.5, 0.6) is 0 Å². The minimum Gasteiger partial charge on any atom is -0.258 e. The standard InChI is InChI=1S/C16H12N2O2/c1-12-5-7-13(8-6-12)9-15(11-17)14-3-2-4-16(10-14)18(19)20/h2-10H,1H3. The smallest absolute Gasteiger partial charge is 0.258 e. The van der Waals surface area contributed by atoms with Crippen LogP contribution in [0.3, 0.4) is 0 Å². The Morgan fingerprint density at radius 2 is 1.95 bits per heavy atom. The van der Waals surface area contributed by atoms with Gasteiger partial charge in [0.15, 0.2) is 0 Å². The first-order chi connectivity index (χ1) is 9.60. The Morgan fingerprint density at radius 1 is 1.25 bits per heavy atom. The maximum absolute atomic E-state index is 10.8. The Bertz CT molecular complexity index is 710. The van der Waals surface area contributed by atoms with E-state index in [1.54, 1.807) is 18.2 Å². The van der Waals surface area contributed by atoms with E-state index in [2.05, 4.69) is 6.07 Å². The first kappa shape index (κ1) is 13.5. The number of rotatable bonds is 3. The molecule has 0 amide bonds. The van der Waals surface area contributed by atoms with Gasteiger partial charge in [-0.1, -0.05) is 42.0 Å². The van der Waals surface area contributed by atoms with E-state index in [0.717, 1.165) is 11.1 Å². The van der Waals surface area contributed by atoms with Gasteiger partial charge in [-0.05, 0) is 24.1 Å². The molecule has 0 aliphatic heterocycles. The number of nitro groups is 1. The molecule has 0 heterocycles. The highest BCUT2D eigenvalue weighted by atomic mass is 16.6. The molecule has 0 aromatic heterocycles.